The quantitative estimate of drug-likeness (QED) is 0.349. The van der Waals surface area contributed by atoms with Crippen molar-refractivity contribution in [1.29, 1.82) is 0 Å². The van der Waals surface area contributed by atoms with Crippen LogP contribution in [0.3, 0.4) is 0 Å². The molecule has 0 aromatic heterocycles. The first-order chi connectivity index (χ1) is 6.91. The van der Waals surface area contributed by atoms with Crippen molar-refractivity contribution in [1.82, 2.24) is 0 Å². The fourth-order valence-electron chi connectivity index (χ4n) is 1.05. The Morgan fingerprint density at radius 2 is 1.00 bits per heavy atom. The Kier molecular flexibility index (Phi) is 14.4. The van der Waals surface area contributed by atoms with E-state index in [0.29, 0.717) is 0 Å². The summed E-state index contributed by atoms with van der Waals surface area (Å²) in [5.74, 6) is 0. The van der Waals surface area contributed by atoms with E-state index in [1.54, 1.807) is 0 Å². The Hall–Kier alpha value is 0.720. The highest BCUT2D eigenvalue weighted by Crippen LogP contribution is 2.38. The van der Waals surface area contributed by atoms with Gasteiger partial charge in [0.05, 0.1) is 13.3 Å². The minimum atomic E-state index is -0.169. The number of unbranched alkanes of at least 4 members (excludes halogenated alkanes) is 4. The summed E-state index contributed by atoms with van der Waals surface area (Å²) in [6.07, 6.45) is 8.22. The van der Waals surface area contributed by atoms with Crippen LogP contribution in [0.1, 0.15) is 38.5 Å². The van der Waals surface area contributed by atoms with Crippen LogP contribution in [0.2, 0.25) is 0 Å². The average molecular weight is 240 g/mol. The molecule has 0 bridgehead atoms. The normalized spacial score (nSPS) is 12.4. The van der Waals surface area contributed by atoms with Crippen LogP contribution in [0.25, 0.3) is 0 Å². The lowest BCUT2D eigenvalue weighted by molar-refractivity contribution is 0.460. The predicted molar refractivity (Wildman–Crippen MR) is 63.2 cm³/mol. The molecule has 0 aliphatic carbocycles. The summed E-state index contributed by atoms with van der Waals surface area (Å²) >= 11 is 0. The number of halogens is 2. The molecule has 14 heavy (non-hydrogen) atoms. The van der Waals surface area contributed by atoms with Gasteiger partial charge in [-0.3, -0.25) is 8.78 Å². The van der Waals surface area contributed by atoms with Gasteiger partial charge in [-0.25, -0.2) is 0 Å². The van der Waals surface area contributed by atoms with Crippen molar-refractivity contribution in [3.8, 4) is 0 Å². The van der Waals surface area contributed by atoms with Gasteiger partial charge in [-0.05, 0) is 54.5 Å². The SMILES string of the molecule is FCCCCC[P][P]CCCCCF. The summed E-state index contributed by atoms with van der Waals surface area (Å²) in [5, 5.41) is 0. The monoisotopic (exact) mass is 240 g/mol. The van der Waals surface area contributed by atoms with Crippen LogP contribution >= 0.6 is 16.5 Å². The third kappa shape index (κ3) is 12.7. The zero-order chi connectivity index (χ0) is 10.5. The molecule has 0 nitrogen and oxygen atoms in total. The molecule has 0 amide bonds. The lowest BCUT2D eigenvalue weighted by Gasteiger charge is -1.99. The largest absolute Gasteiger partial charge is 0.251 e. The van der Waals surface area contributed by atoms with Crippen molar-refractivity contribution in [2.45, 2.75) is 38.5 Å². The highest BCUT2D eigenvalue weighted by molar-refractivity contribution is 8.11. The second kappa shape index (κ2) is 13.7. The van der Waals surface area contributed by atoms with Gasteiger partial charge in [-0.1, -0.05) is 12.8 Å². The van der Waals surface area contributed by atoms with Crippen LogP contribution in [-0.4, -0.2) is 25.7 Å². The summed E-state index contributed by atoms with van der Waals surface area (Å²) in [4.78, 5) is 0. The Labute approximate surface area is 90.1 Å². The molecule has 0 aromatic rings. The molecule has 0 aliphatic rings. The van der Waals surface area contributed by atoms with E-state index in [0.717, 1.165) is 38.5 Å². The molecule has 0 atom stereocenters. The molecule has 0 saturated heterocycles. The smallest absolute Gasteiger partial charge is 0.0894 e. The second-order valence-electron chi connectivity index (χ2n) is 3.23. The summed E-state index contributed by atoms with van der Waals surface area (Å²) in [5.41, 5.74) is 0. The highest BCUT2D eigenvalue weighted by Gasteiger charge is 1.93. The van der Waals surface area contributed by atoms with E-state index in [9.17, 15) is 8.78 Å². The van der Waals surface area contributed by atoms with E-state index in [1.807, 2.05) is 0 Å². The van der Waals surface area contributed by atoms with E-state index in [2.05, 4.69) is 0 Å². The molecule has 0 saturated carbocycles. The number of hydrogen-bond acceptors (Lipinski definition) is 0. The first-order valence-electron chi connectivity index (χ1n) is 5.37. The molecule has 0 fully saturated rings. The van der Waals surface area contributed by atoms with Gasteiger partial charge in [0, 0.05) is 0 Å². The van der Waals surface area contributed by atoms with Gasteiger partial charge in [0.2, 0.25) is 0 Å². The van der Waals surface area contributed by atoms with E-state index >= 15 is 0 Å². The molecule has 0 unspecified atom stereocenters. The van der Waals surface area contributed by atoms with Gasteiger partial charge in [-0.2, -0.15) is 0 Å². The van der Waals surface area contributed by atoms with E-state index in [4.69, 9.17) is 0 Å². The van der Waals surface area contributed by atoms with Gasteiger partial charge >= 0.3 is 0 Å². The van der Waals surface area contributed by atoms with Crippen molar-refractivity contribution in [3.63, 3.8) is 0 Å². The zero-order valence-corrected chi connectivity index (χ0v) is 10.5. The Morgan fingerprint density at radius 1 is 0.571 bits per heavy atom. The Balaban J connectivity index is 2.78. The summed E-state index contributed by atoms with van der Waals surface area (Å²) in [6.45, 7) is -0.338. The maximum atomic E-state index is 11.7. The third-order valence-electron chi connectivity index (χ3n) is 1.88. The van der Waals surface area contributed by atoms with Crippen molar-refractivity contribution in [2.24, 2.45) is 0 Å². The lowest BCUT2D eigenvalue weighted by Crippen LogP contribution is -1.81. The van der Waals surface area contributed by atoms with Crippen LogP contribution < -0.4 is 0 Å². The lowest BCUT2D eigenvalue weighted by atomic mass is 10.3. The first kappa shape index (κ1) is 14.7. The molecule has 4 heteroatoms. The van der Waals surface area contributed by atoms with Gasteiger partial charge < -0.3 is 0 Å². The maximum absolute atomic E-state index is 11.7. The fraction of sp³-hybridized carbons (Fsp3) is 1.00. The molecule has 0 aliphatic heterocycles. The van der Waals surface area contributed by atoms with Crippen LogP contribution in [0.5, 0.6) is 0 Å². The minimum absolute atomic E-state index is 0.169. The maximum Gasteiger partial charge on any atom is 0.0894 e. The van der Waals surface area contributed by atoms with Crippen LogP contribution in [0.4, 0.5) is 8.78 Å². The predicted octanol–water partition coefficient (Wildman–Crippen LogP) is 5.07. The standard InChI is InChI=1S/C10H20F2P2/c11-7-3-1-5-9-13-14-10-6-2-4-8-12/h1-10H2. The number of hydrogen-bond donors (Lipinski definition) is 0. The Morgan fingerprint density at radius 3 is 1.36 bits per heavy atom. The zero-order valence-electron chi connectivity index (χ0n) is 8.72. The van der Waals surface area contributed by atoms with Crippen molar-refractivity contribution < 1.29 is 8.78 Å². The van der Waals surface area contributed by atoms with Gasteiger partial charge in [0.1, 0.15) is 0 Å². The third-order valence-corrected chi connectivity index (χ3v) is 4.92. The molecule has 0 aromatic carbocycles. The second-order valence-corrected chi connectivity index (χ2v) is 6.39. The Bertz CT molecular complexity index is 90.1. The molecule has 0 heterocycles. The van der Waals surface area contributed by atoms with E-state index < -0.39 is 0 Å². The van der Waals surface area contributed by atoms with Crippen LogP contribution in [0.15, 0.2) is 0 Å². The van der Waals surface area contributed by atoms with Crippen molar-refractivity contribution in [3.05, 3.63) is 0 Å². The first-order valence-corrected chi connectivity index (χ1v) is 8.23. The van der Waals surface area contributed by atoms with Crippen molar-refractivity contribution >= 4 is 16.5 Å². The molecule has 0 rings (SSSR count). The van der Waals surface area contributed by atoms with Crippen LogP contribution in [0, 0.1) is 0 Å². The van der Waals surface area contributed by atoms with E-state index in [1.165, 1.54) is 28.9 Å². The molecule has 84 valence electrons. The van der Waals surface area contributed by atoms with Crippen LogP contribution in [-0.2, 0) is 0 Å². The summed E-state index contributed by atoms with van der Waals surface area (Å²) in [7, 11) is 2.93. The number of rotatable bonds is 11. The van der Waals surface area contributed by atoms with Gasteiger partial charge in [0.25, 0.3) is 0 Å². The topological polar surface area (TPSA) is 0 Å². The molecular weight excluding hydrogens is 220 g/mol. The molecule has 0 N–H and O–H groups in total. The average Bonchev–Trinajstić information content (AvgIpc) is 2.21. The molecule has 2 radical (unpaired) electrons. The number of alkyl halides is 2. The summed E-state index contributed by atoms with van der Waals surface area (Å²) in [6, 6.07) is 0. The minimum Gasteiger partial charge on any atom is -0.251 e. The van der Waals surface area contributed by atoms with Gasteiger partial charge in [0.15, 0.2) is 0 Å². The van der Waals surface area contributed by atoms with Crippen molar-refractivity contribution in [2.75, 3.05) is 25.7 Å². The molecular formula is C10H20F2P2. The fourth-order valence-corrected chi connectivity index (χ4v) is 3.76. The summed E-state index contributed by atoms with van der Waals surface area (Å²) < 4.78 is 23.4. The van der Waals surface area contributed by atoms with E-state index in [-0.39, 0.29) is 13.3 Å². The van der Waals surface area contributed by atoms with Gasteiger partial charge in [-0.15, -0.1) is 0 Å². The highest BCUT2D eigenvalue weighted by atomic mass is 32.0. The molecule has 0 spiro atoms.